The first kappa shape index (κ1) is 26.7. The van der Waals surface area contributed by atoms with E-state index in [0.29, 0.717) is 39.3 Å². The van der Waals surface area contributed by atoms with E-state index in [0.717, 1.165) is 11.1 Å². The van der Waals surface area contributed by atoms with Gasteiger partial charge in [0, 0.05) is 45.5 Å². The van der Waals surface area contributed by atoms with Crippen molar-refractivity contribution in [3.8, 4) is 0 Å². The van der Waals surface area contributed by atoms with Crippen LogP contribution in [0.3, 0.4) is 0 Å². The summed E-state index contributed by atoms with van der Waals surface area (Å²) in [5, 5.41) is 15.6. The zero-order valence-electron chi connectivity index (χ0n) is 19.6. The first-order valence-corrected chi connectivity index (χ1v) is 11.8. The van der Waals surface area contributed by atoms with Crippen molar-refractivity contribution in [2.24, 2.45) is 0 Å². The highest BCUT2D eigenvalue weighted by Gasteiger charge is 2.13. The number of aliphatic hydroxyl groups excluding tert-OH is 1. The second-order valence-corrected chi connectivity index (χ2v) is 9.09. The molecule has 9 heteroatoms. The van der Waals surface area contributed by atoms with Gasteiger partial charge in [0.2, 0.25) is 0 Å². The van der Waals surface area contributed by atoms with Crippen LogP contribution in [0.25, 0.3) is 17.0 Å². The number of pyridine rings is 1. The monoisotopic (exact) mass is 517 g/mol. The van der Waals surface area contributed by atoms with E-state index in [1.165, 1.54) is 12.3 Å². The summed E-state index contributed by atoms with van der Waals surface area (Å²) in [4.78, 5) is 40.6. The lowest BCUT2D eigenvalue weighted by Gasteiger charge is -2.13. The van der Waals surface area contributed by atoms with Crippen molar-refractivity contribution in [1.29, 1.82) is 0 Å². The van der Waals surface area contributed by atoms with Crippen molar-refractivity contribution < 1.29 is 19.5 Å². The summed E-state index contributed by atoms with van der Waals surface area (Å²) in [5.74, 6) is -0.615. The molecule has 2 atom stereocenters. The van der Waals surface area contributed by atoms with Crippen molar-refractivity contribution in [1.82, 2.24) is 4.98 Å². The molecule has 0 saturated heterocycles. The van der Waals surface area contributed by atoms with Gasteiger partial charge in [-0.05, 0) is 61.0 Å². The number of nitrogens with zero attached hydrogens (tertiary/aromatic N) is 1. The summed E-state index contributed by atoms with van der Waals surface area (Å²) < 4.78 is 0. The van der Waals surface area contributed by atoms with E-state index in [9.17, 15) is 19.5 Å². The Morgan fingerprint density at radius 1 is 0.778 bits per heavy atom. The fourth-order valence-electron chi connectivity index (χ4n) is 3.25. The first-order chi connectivity index (χ1) is 16.9. The minimum atomic E-state index is -0.445. The van der Waals surface area contributed by atoms with E-state index in [1.807, 2.05) is 6.92 Å². The lowest BCUT2D eigenvalue weighted by atomic mass is 10.0. The van der Waals surface area contributed by atoms with Gasteiger partial charge in [-0.1, -0.05) is 43.8 Å². The smallest absolute Gasteiger partial charge is 0.274 e. The molecule has 3 N–H and O–H groups in total. The second-order valence-electron chi connectivity index (χ2n) is 8.04. The molecule has 0 bridgehead atoms. The van der Waals surface area contributed by atoms with Gasteiger partial charge in [0.15, 0.2) is 11.0 Å². The van der Waals surface area contributed by atoms with Crippen molar-refractivity contribution in [2.45, 2.75) is 6.92 Å². The summed E-state index contributed by atoms with van der Waals surface area (Å²) in [7, 11) is 4.20. The number of nitrogens with one attached hydrogen (secondary N) is 2. The Morgan fingerprint density at radius 2 is 1.31 bits per heavy atom. The van der Waals surface area contributed by atoms with E-state index >= 15 is 0 Å². The highest BCUT2D eigenvalue weighted by Crippen LogP contribution is 2.25. The molecule has 7 nitrogen and oxygen atoms in total. The molecule has 0 spiro atoms. The highest BCUT2D eigenvalue weighted by atomic mass is 31.0. The van der Waals surface area contributed by atoms with Gasteiger partial charge in [-0.3, -0.25) is 19.4 Å². The minimum absolute atomic E-state index is 0.167. The number of rotatable bonds is 9. The van der Waals surface area contributed by atoms with Gasteiger partial charge in [-0.25, -0.2) is 0 Å². The average molecular weight is 517 g/mol. The molecule has 36 heavy (non-hydrogen) atoms. The third-order valence-electron chi connectivity index (χ3n) is 5.16. The summed E-state index contributed by atoms with van der Waals surface area (Å²) in [6, 6.07) is 13.0. The number of aromatic nitrogens is 1. The van der Waals surface area contributed by atoms with Crippen LogP contribution < -0.4 is 10.6 Å². The van der Waals surface area contributed by atoms with Gasteiger partial charge < -0.3 is 15.7 Å². The van der Waals surface area contributed by atoms with Crippen LogP contribution in [-0.2, 0) is 0 Å². The summed E-state index contributed by atoms with van der Waals surface area (Å²) in [5.41, 5.74) is 4.47. The molecule has 1 amide bonds. The number of allylic oxidation sites excluding steroid dienone is 1. The van der Waals surface area contributed by atoms with Gasteiger partial charge in [-0.15, -0.1) is 0 Å². The highest BCUT2D eigenvalue weighted by molar-refractivity contribution is 7.41. The van der Waals surface area contributed by atoms with Gasteiger partial charge in [0.1, 0.15) is 11.5 Å². The average Bonchev–Trinajstić information content (AvgIpc) is 2.83. The predicted molar refractivity (Wildman–Crippen MR) is 152 cm³/mol. The Hall–Kier alpha value is -3.92. The molecular weight excluding hydrogens is 492 g/mol. The quantitative estimate of drug-likeness (QED) is 0.237. The van der Waals surface area contributed by atoms with Crippen LogP contribution in [-0.4, -0.2) is 27.0 Å². The lowest BCUT2D eigenvalue weighted by molar-refractivity contribution is 0.102. The molecule has 0 aliphatic heterocycles. The number of carbonyl (C=O) groups excluding carboxylic acids is 3. The molecule has 2 aromatic carbocycles. The van der Waals surface area contributed by atoms with Crippen LogP contribution >= 0.6 is 18.5 Å². The van der Waals surface area contributed by atoms with Gasteiger partial charge in [-0.2, -0.15) is 0 Å². The Kier molecular flexibility index (Phi) is 8.31. The maximum Gasteiger partial charge on any atom is 0.274 e. The Balaban J connectivity index is 1.77. The van der Waals surface area contributed by atoms with E-state index < -0.39 is 5.91 Å². The molecule has 1 heterocycles. The molecule has 1 aromatic heterocycles. The molecule has 3 rings (SSSR count). The molecule has 182 valence electrons. The Labute approximate surface area is 213 Å². The molecule has 0 saturated carbocycles. The van der Waals surface area contributed by atoms with Gasteiger partial charge >= 0.3 is 0 Å². The standard InChI is InChI=1S/C27H25N3O4P2/c1-14(2)18-7-20(26(33)35)12-23(9-18)30-25(32)24-6-5-17(13-28-24)15(3)29-22-10-19(16(4)31)8-21(11-22)27(34)36/h5-13,29,31H,1,3-4,35-36H2,2H3,(H,30,32). The predicted octanol–water partition coefficient (Wildman–Crippen LogP) is 6.01. The zero-order chi connectivity index (χ0) is 26.6. The van der Waals surface area contributed by atoms with E-state index in [1.54, 1.807) is 42.5 Å². The fraction of sp³-hybridized carbons (Fsp3) is 0.0370. The maximum absolute atomic E-state index is 12.8. The fourth-order valence-corrected chi connectivity index (χ4v) is 3.58. The maximum atomic E-state index is 12.8. The van der Waals surface area contributed by atoms with Crippen molar-refractivity contribution in [3.05, 3.63) is 108 Å². The van der Waals surface area contributed by atoms with Crippen LogP contribution in [0.4, 0.5) is 11.4 Å². The topological polar surface area (TPSA) is 108 Å². The summed E-state index contributed by atoms with van der Waals surface area (Å²) >= 11 is 0. The SMILES string of the molecule is C=C(C)c1cc(NC(=O)c2ccc(C(=C)Nc3cc(C(=C)O)cc(C(=O)P)c3)cn2)cc(C(=O)P)c1. The molecular formula is C27H25N3O4P2. The minimum Gasteiger partial charge on any atom is -0.508 e. The van der Waals surface area contributed by atoms with Crippen LogP contribution in [0.2, 0.25) is 0 Å². The lowest BCUT2D eigenvalue weighted by Crippen LogP contribution is -2.14. The molecule has 3 aromatic rings. The van der Waals surface area contributed by atoms with Gasteiger partial charge in [0.25, 0.3) is 5.91 Å². The van der Waals surface area contributed by atoms with Crippen LogP contribution in [0.15, 0.2) is 74.5 Å². The molecule has 0 aliphatic rings. The zero-order valence-corrected chi connectivity index (χ0v) is 21.9. The van der Waals surface area contributed by atoms with Crippen molar-refractivity contribution in [3.63, 3.8) is 0 Å². The summed E-state index contributed by atoms with van der Waals surface area (Å²) in [6.45, 7) is 13.2. The van der Waals surface area contributed by atoms with Crippen LogP contribution in [0, 0.1) is 0 Å². The number of amides is 1. The third kappa shape index (κ3) is 6.60. The number of hydrogen-bond acceptors (Lipinski definition) is 6. The third-order valence-corrected chi connectivity index (χ3v) is 5.83. The molecule has 0 fully saturated rings. The van der Waals surface area contributed by atoms with Gasteiger partial charge in [0.05, 0.1) is 0 Å². The first-order valence-electron chi connectivity index (χ1n) is 10.6. The normalized spacial score (nSPS) is 10.3. The number of anilines is 2. The number of hydrogen-bond donors (Lipinski definition) is 3. The second kappa shape index (κ2) is 11.2. The van der Waals surface area contributed by atoms with Crippen molar-refractivity contribution in [2.75, 3.05) is 10.6 Å². The van der Waals surface area contributed by atoms with E-state index in [2.05, 4.69) is 53.8 Å². The Bertz CT molecular complexity index is 1260. The number of benzene rings is 2. The van der Waals surface area contributed by atoms with E-state index in [-0.39, 0.29) is 22.5 Å². The van der Waals surface area contributed by atoms with Crippen molar-refractivity contribution >= 4 is 63.8 Å². The van der Waals surface area contributed by atoms with E-state index in [4.69, 9.17) is 0 Å². The number of aliphatic hydroxyl groups is 1. The molecule has 2 unspecified atom stereocenters. The number of carbonyl (C=O) groups is 3. The van der Waals surface area contributed by atoms with Crippen LogP contribution in [0.1, 0.15) is 54.8 Å². The molecule has 0 radical (unpaired) electrons. The van der Waals surface area contributed by atoms with Crippen LogP contribution in [0.5, 0.6) is 0 Å². The largest absolute Gasteiger partial charge is 0.508 e. The molecule has 0 aliphatic carbocycles. The Morgan fingerprint density at radius 3 is 1.81 bits per heavy atom. The summed E-state index contributed by atoms with van der Waals surface area (Å²) in [6.07, 6.45) is 1.49.